The summed E-state index contributed by atoms with van der Waals surface area (Å²) >= 11 is 0. The Hall–Kier alpha value is -2.22. The van der Waals surface area contributed by atoms with E-state index in [0.29, 0.717) is 12.4 Å². The minimum Gasteiger partial charge on any atom is -0.508 e. The van der Waals surface area contributed by atoms with Gasteiger partial charge in [-0.05, 0) is 30.2 Å². The van der Waals surface area contributed by atoms with Crippen molar-refractivity contribution in [3.8, 4) is 11.5 Å². The Morgan fingerprint density at radius 2 is 1.72 bits per heavy atom. The van der Waals surface area contributed by atoms with Gasteiger partial charge in [-0.25, -0.2) is 0 Å². The maximum Gasteiger partial charge on any atom is 0.123 e. The summed E-state index contributed by atoms with van der Waals surface area (Å²) in [5.74, 6) is 0.902. The summed E-state index contributed by atoms with van der Waals surface area (Å²) in [5.41, 5.74) is 2.04. The largest absolute Gasteiger partial charge is 0.508 e. The molecule has 0 atom stereocenters. The predicted octanol–water partition coefficient (Wildman–Crippen LogP) is 3.96. The zero-order chi connectivity index (χ0) is 12.8. The van der Waals surface area contributed by atoms with Gasteiger partial charge in [-0.3, -0.25) is 0 Å². The van der Waals surface area contributed by atoms with Gasteiger partial charge in [0, 0.05) is 6.07 Å². The van der Waals surface area contributed by atoms with Crippen LogP contribution in [0.1, 0.15) is 18.1 Å². The Morgan fingerprint density at radius 1 is 1.00 bits per heavy atom. The second kappa shape index (κ2) is 5.92. The molecular formula is C16H16O2. The van der Waals surface area contributed by atoms with Gasteiger partial charge in [0.25, 0.3) is 0 Å². The zero-order valence-electron chi connectivity index (χ0n) is 10.3. The SMILES string of the molecule is CCOc1cc(O)cc(/C=C/c2ccccc2)c1. The van der Waals surface area contributed by atoms with Crippen LogP contribution in [0.3, 0.4) is 0 Å². The summed E-state index contributed by atoms with van der Waals surface area (Å²) in [6.45, 7) is 2.51. The molecule has 0 heterocycles. The van der Waals surface area contributed by atoms with Gasteiger partial charge in [0.15, 0.2) is 0 Å². The van der Waals surface area contributed by atoms with Gasteiger partial charge >= 0.3 is 0 Å². The fourth-order valence-corrected chi connectivity index (χ4v) is 1.71. The lowest BCUT2D eigenvalue weighted by molar-refractivity contribution is 0.337. The Morgan fingerprint density at radius 3 is 2.44 bits per heavy atom. The summed E-state index contributed by atoms with van der Waals surface area (Å²) < 4.78 is 5.39. The number of hydrogen-bond donors (Lipinski definition) is 1. The molecule has 0 aliphatic rings. The molecule has 0 saturated carbocycles. The van der Waals surface area contributed by atoms with Crippen LogP contribution < -0.4 is 4.74 Å². The van der Waals surface area contributed by atoms with E-state index in [2.05, 4.69) is 0 Å². The van der Waals surface area contributed by atoms with Crippen LogP contribution in [0.25, 0.3) is 12.2 Å². The molecule has 2 heteroatoms. The van der Waals surface area contributed by atoms with Crippen LogP contribution in [0.15, 0.2) is 48.5 Å². The molecule has 2 aromatic carbocycles. The zero-order valence-corrected chi connectivity index (χ0v) is 10.3. The first kappa shape index (κ1) is 12.2. The Kier molecular flexibility index (Phi) is 4.02. The van der Waals surface area contributed by atoms with Crippen molar-refractivity contribution in [3.05, 3.63) is 59.7 Å². The normalized spacial score (nSPS) is 10.7. The van der Waals surface area contributed by atoms with Gasteiger partial charge in [-0.1, -0.05) is 42.5 Å². The van der Waals surface area contributed by atoms with Crippen LogP contribution >= 0.6 is 0 Å². The topological polar surface area (TPSA) is 29.5 Å². The third-order valence-corrected chi connectivity index (χ3v) is 2.49. The maximum atomic E-state index is 9.60. The van der Waals surface area contributed by atoms with Crippen LogP contribution in [0.2, 0.25) is 0 Å². The number of hydrogen-bond acceptors (Lipinski definition) is 2. The van der Waals surface area contributed by atoms with E-state index in [4.69, 9.17) is 4.74 Å². The first-order chi connectivity index (χ1) is 8.78. The highest BCUT2D eigenvalue weighted by atomic mass is 16.5. The van der Waals surface area contributed by atoms with Crippen LogP contribution in [-0.4, -0.2) is 11.7 Å². The highest BCUT2D eigenvalue weighted by molar-refractivity contribution is 5.70. The minimum atomic E-state index is 0.216. The quantitative estimate of drug-likeness (QED) is 0.820. The van der Waals surface area contributed by atoms with E-state index in [-0.39, 0.29) is 5.75 Å². The van der Waals surface area contributed by atoms with Crippen molar-refractivity contribution in [2.24, 2.45) is 0 Å². The lowest BCUT2D eigenvalue weighted by atomic mass is 10.1. The fourth-order valence-electron chi connectivity index (χ4n) is 1.71. The molecule has 0 amide bonds. The first-order valence-corrected chi connectivity index (χ1v) is 5.98. The van der Waals surface area contributed by atoms with Gasteiger partial charge in [-0.2, -0.15) is 0 Å². The predicted molar refractivity (Wildman–Crippen MR) is 74.6 cm³/mol. The molecule has 0 aromatic heterocycles. The number of benzene rings is 2. The van der Waals surface area contributed by atoms with E-state index in [9.17, 15) is 5.11 Å². The van der Waals surface area contributed by atoms with E-state index in [1.54, 1.807) is 12.1 Å². The third-order valence-electron chi connectivity index (χ3n) is 2.49. The van der Waals surface area contributed by atoms with Crippen molar-refractivity contribution in [2.75, 3.05) is 6.61 Å². The molecule has 2 rings (SSSR count). The molecule has 0 aliphatic carbocycles. The molecule has 0 aliphatic heterocycles. The Labute approximate surface area is 107 Å². The second-order valence-corrected chi connectivity index (χ2v) is 3.94. The van der Waals surface area contributed by atoms with Crippen LogP contribution in [0.4, 0.5) is 0 Å². The average Bonchev–Trinajstić information content (AvgIpc) is 2.37. The molecule has 2 nitrogen and oxygen atoms in total. The monoisotopic (exact) mass is 240 g/mol. The molecule has 0 bridgehead atoms. The Balaban J connectivity index is 2.21. The smallest absolute Gasteiger partial charge is 0.123 e. The fraction of sp³-hybridized carbons (Fsp3) is 0.125. The summed E-state index contributed by atoms with van der Waals surface area (Å²) in [6.07, 6.45) is 3.96. The molecule has 0 spiro atoms. The van der Waals surface area contributed by atoms with E-state index < -0.39 is 0 Å². The minimum absolute atomic E-state index is 0.216. The first-order valence-electron chi connectivity index (χ1n) is 5.98. The van der Waals surface area contributed by atoms with E-state index in [0.717, 1.165) is 11.1 Å². The van der Waals surface area contributed by atoms with Gasteiger partial charge in [0.2, 0.25) is 0 Å². The highest BCUT2D eigenvalue weighted by Gasteiger charge is 1.98. The molecular weight excluding hydrogens is 224 g/mol. The van der Waals surface area contributed by atoms with Gasteiger partial charge in [0.1, 0.15) is 11.5 Å². The Bertz CT molecular complexity index is 530. The molecule has 18 heavy (non-hydrogen) atoms. The summed E-state index contributed by atoms with van der Waals surface area (Å²) in [4.78, 5) is 0. The van der Waals surface area contributed by atoms with Crippen molar-refractivity contribution in [1.82, 2.24) is 0 Å². The maximum absolute atomic E-state index is 9.60. The highest BCUT2D eigenvalue weighted by Crippen LogP contribution is 2.23. The van der Waals surface area contributed by atoms with Gasteiger partial charge in [0.05, 0.1) is 6.61 Å². The van der Waals surface area contributed by atoms with Crippen molar-refractivity contribution in [3.63, 3.8) is 0 Å². The molecule has 92 valence electrons. The van der Waals surface area contributed by atoms with Crippen molar-refractivity contribution in [2.45, 2.75) is 6.92 Å². The number of rotatable bonds is 4. The number of phenolic OH excluding ortho intramolecular Hbond substituents is 1. The van der Waals surface area contributed by atoms with E-state index in [1.165, 1.54) is 0 Å². The van der Waals surface area contributed by atoms with Crippen LogP contribution in [-0.2, 0) is 0 Å². The van der Waals surface area contributed by atoms with E-state index >= 15 is 0 Å². The lowest BCUT2D eigenvalue weighted by Gasteiger charge is -2.05. The van der Waals surface area contributed by atoms with Crippen LogP contribution in [0, 0.1) is 0 Å². The second-order valence-electron chi connectivity index (χ2n) is 3.94. The standard InChI is InChI=1S/C16H16O2/c1-2-18-16-11-14(10-15(17)12-16)9-8-13-6-4-3-5-7-13/h3-12,17H,2H2,1H3/b9-8+. The third kappa shape index (κ3) is 3.39. The average molecular weight is 240 g/mol. The van der Waals surface area contributed by atoms with Crippen molar-refractivity contribution < 1.29 is 9.84 Å². The van der Waals surface area contributed by atoms with Gasteiger partial charge in [-0.15, -0.1) is 0 Å². The number of ether oxygens (including phenoxy) is 1. The lowest BCUT2D eigenvalue weighted by Crippen LogP contribution is -1.91. The van der Waals surface area contributed by atoms with Crippen molar-refractivity contribution in [1.29, 1.82) is 0 Å². The van der Waals surface area contributed by atoms with Crippen LogP contribution in [0.5, 0.6) is 11.5 Å². The summed E-state index contributed by atoms with van der Waals surface area (Å²) in [6, 6.07) is 15.3. The summed E-state index contributed by atoms with van der Waals surface area (Å²) in [5, 5.41) is 9.60. The molecule has 2 aromatic rings. The number of phenols is 1. The van der Waals surface area contributed by atoms with Gasteiger partial charge < -0.3 is 9.84 Å². The summed E-state index contributed by atoms with van der Waals surface area (Å²) in [7, 11) is 0. The molecule has 0 saturated heterocycles. The molecule has 0 radical (unpaired) electrons. The van der Waals surface area contributed by atoms with E-state index in [1.807, 2.05) is 55.5 Å². The molecule has 1 N–H and O–H groups in total. The molecule has 0 unspecified atom stereocenters. The molecule has 0 fully saturated rings. The van der Waals surface area contributed by atoms with Crippen molar-refractivity contribution >= 4 is 12.2 Å². The number of aromatic hydroxyl groups is 1.